The third kappa shape index (κ3) is 4.16. The minimum absolute atomic E-state index is 0.0797. The van der Waals surface area contributed by atoms with Gasteiger partial charge in [0.2, 0.25) is 0 Å². The van der Waals surface area contributed by atoms with Gasteiger partial charge in [0, 0.05) is 30.7 Å². The van der Waals surface area contributed by atoms with E-state index in [0.29, 0.717) is 18.8 Å². The van der Waals surface area contributed by atoms with E-state index < -0.39 is 12.1 Å². The van der Waals surface area contributed by atoms with Gasteiger partial charge in [0.15, 0.2) is 0 Å². The van der Waals surface area contributed by atoms with E-state index in [1.165, 1.54) is 0 Å². The number of nitrogens with one attached hydrogen (secondary N) is 1. The first-order valence-electron chi connectivity index (χ1n) is 7.86. The number of carboxylic acids is 1. The van der Waals surface area contributed by atoms with Crippen LogP contribution < -0.4 is 5.32 Å². The van der Waals surface area contributed by atoms with Gasteiger partial charge in [-0.05, 0) is 18.2 Å². The molecule has 4 rings (SSSR count). The Balaban J connectivity index is 0.000000279. The lowest BCUT2D eigenvalue weighted by molar-refractivity contribution is -0.192. The molecule has 0 bridgehead atoms. The lowest BCUT2D eigenvalue weighted by Crippen LogP contribution is -2.35. The molecule has 1 aliphatic heterocycles. The number of aromatic nitrogens is 5. The van der Waals surface area contributed by atoms with Crippen molar-refractivity contribution in [2.24, 2.45) is 0 Å². The minimum atomic E-state index is -5.08. The highest BCUT2D eigenvalue weighted by Crippen LogP contribution is 2.21. The molecule has 0 fully saturated rings. The fourth-order valence-electron chi connectivity index (χ4n) is 2.39. The van der Waals surface area contributed by atoms with Crippen LogP contribution in [0.3, 0.4) is 0 Å². The molecule has 0 spiro atoms. The second-order valence-electron chi connectivity index (χ2n) is 5.57. The standard InChI is InChI=1S/C14H12N6O.C2HF3O2/c21-14-12-8-11(18-20(12)6-4-17-14)10-1-2-16-13(7-10)19-5-3-15-9-19;3-2(4,5)1(6)7/h1-3,5,7-9H,4,6H2,(H,17,21);(H,6,7). The zero-order valence-electron chi connectivity index (χ0n) is 14.1. The van der Waals surface area contributed by atoms with Crippen LogP contribution in [0.4, 0.5) is 13.2 Å². The number of hydrogen-bond donors (Lipinski definition) is 2. The molecule has 1 amide bonds. The summed E-state index contributed by atoms with van der Waals surface area (Å²) < 4.78 is 35.3. The van der Waals surface area contributed by atoms with Gasteiger partial charge in [0.05, 0.1) is 12.2 Å². The number of carbonyl (C=O) groups excluding carboxylic acids is 1. The van der Waals surface area contributed by atoms with Crippen molar-refractivity contribution in [1.82, 2.24) is 29.6 Å². The average Bonchev–Trinajstić information content (AvgIpc) is 3.32. The van der Waals surface area contributed by atoms with E-state index in [4.69, 9.17) is 9.90 Å². The van der Waals surface area contributed by atoms with Gasteiger partial charge in [0.25, 0.3) is 5.91 Å². The molecule has 9 nitrogen and oxygen atoms in total. The maximum atomic E-state index is 11.8. The Bertz CT molecular complexity index is 997. The number of imidazole rings is 1. The molecule has 28 heavy (non-hydrogen) atoms. The van der Waals surface area contributed by atoms with E-state index >= 15 is 0 Å². The molecule has 12 heteroatoms. The van der Waals surface area contributed by atoms with Crippen LogP contribution in [-0.4, -0.2) is 54.0 Å². The topological polar surface area (TPSA) is 115 Å². The van der Waals surface area contributed by atoms with Crippen LogP contribution in [0.15, 0.2) is 43.1 Å². The average molecular weight is 394 g/mol. The van der Waals surface area contributed by atoms with Crippen LogP contribution >= 0.6 is 0 Å². The van der Waals surface area contributed by atoms with E-state index in [0.717, 1.165) is 17.1 Å². The van der Waals surface area contributed by atoms with Gasteiger partial charge < -0.3 is 10.4 Å². The smallest absolute Gasteiger partial charge is 0.475 e. The first-order chi connectivity index (χ1) is 13.3. The third-order valence-electron chi connectivity index (χ3n) is 3.67. The number of alkyl halides is 3. The minimum Gasteiger partial charge on any atom is -0.475 e. The SMILES string of the molecule is O=C(O)C(F)(F)F.O=C1NCCn2nc(-c3ccnc(-n4ccnc4)c3)cc21. The molecule has 0 saturated heterocycles. The highest BCUT2D eigenvalue weighted by molar-refractivity contribution is 5.94. The van der Waals surface area contributed by atoms with Crippen LogP contribution in [0.25, 0.3) is 17.1 Å². The molecule has 0 radical (unpaired) electrons. The number of nitrogens with zero attached hydrogens (tertiary/aromatic N) is 5. The van der Waals surface area contributed by atoms with Crippen molar-refractivity contribution in [1.29, 1.82) is 0 Å². The normalized spacial score (nSPS) is 13.2. The van der Waals surface area contributed by atoms with E-state index in [1.807, 2.05) is 29.0 Å². The molecular weight excluding hydrogens is 381 g/mol. The lowest BCUT2D eigenvalue weighted by atomic mass is 10.2. The number of carbonyl (C=O) groups is 2. The lowest BCUT2D eigenvalue weighted by Gasteiger charge is -2.13. The Morgan fingerprint density at radius 1 is 1.25 bits per heavy atom. The second-order valence-corrected chi connectivity index (χ2v) is 5.57. The highest BCUT2D eigenvalue weighted by atomic mass is 19.4. The van der Waals surface area contributed by atoms with E-state index in [-0.39, 0.29) is 5.91 Å². The van der Waals surface area contributed by atoms with Crippen molar-refractivity contribution in [3.05, 3.63) is 48.8 Å². The fraction of sp³-hybridized carbons (Fsp3) is 0.188. The van der Waals surface area contributed by atoms with Gasteiger partial charge in [-0.3, -0.25) is 14.0 Å². The number of aliphatic carboxylic acids is 1. The molecule has 146 valence electrons. The quantitative estimate of drug-likeness (QED) is 0.681. The Kier molecular flexibility index (Phi) is 5.11. The second kappa shape index (κ2) is 7.50. The van der Waals surface area contributed by atoms with Crippen molar-refractivity contribution in [2.75, 3.05) is 6.54 Å². The Morgan fingerprint density at radius 3 is 2.61 bits per heavy atom. The number of halogens is 3. The predicted octanol–water partition coefficient (Wildman–Crippen LogP) is 1.51. The predicted molar refractivity (Wildman–Crippen MR) is 88.6 cm³/mol. The number of fused-ring (bicyclic) bond motifs is 1. The van der Waals surface area contributed by atoms with E-state index in [2.05, 4.69) is 20.4 Å². The third-order valence-corrected chi connectivity index (χ3v) is 3.67. The Hall–Kier alpha value is -3.70. The Labute approximate surface area is 155 Å². The summed E-state index contributed by atoms with van der Waals surface area (Å²) in [4.78, 5) is 29.0. The summed E-state index contributed by atoms with van der Waals surface area (Å²) in [5.41, 5.74) is 2.28. The summed E-state index contributed by atoms with van der Waals surface area (Å²) >= 11 is 0. The van der Waals surface area contributed by atoms with Gasteiger partial charge in [-0.25, -0.2) is 14.8 Å². The monoisotopic (exact) mass is 394 g/mol. The van der Waals surface area contributed by atoms with Gasteiger partial charge in [-0.1, -0.05) is 0 Å². The van der Waals surface area contributed by atoms with Crippen molar-refractivity contribution >= 4 is 11.9 Å². The largest absolute Gasteiger partial charge is 0.490 e. The Morgan fingerprint density at radius 2 is 2.00 bits per heavy atom. The van der Waals surface area contributed by atoms with Gasteiger partial charge >= 0.3 is 12.1 Å². The highest BCUT2D eigenvalue weighted by Gasteiger charge is 2.38. The van der Waals surface area contributed by atoms with Gasteiger partial charge in [-0.15, -0.1) is 0 Å². The summed E-state index contributed by atoms with van der Waals surface area (Å²) in [7, 11) is 0. The number of amides is 1. The summed E-state index contributed by atoms with van der Waals surface area (Å²) in [6, 6.07) is 5.61. The van der Waals surface area contributed by atoms with Gasteiger partial charge in [-0.2, -0.15) is 18.3 Å². The number of carboxylic acid groups (broad SMARTS) is 1. The number of pyridine rings is 1. The van der Waals surface area contributed by atoms with Crippen LogP contribution in [0.5, 0.6) is 0 Å². The summed E-state index contributed by atoms with van der Waals surface area (Å²) in [6.45, 7) is 1.31. The van der Waals surface area contributed by atoms with Crippen LogP contribution in [0, 0.1) is 0 Å². The van der Waals surface area contributed by atoms with Gasteiger partial charge in [0.1, 0.15) is 17.8 Å². The summed E-state index contributed by atoms with van der Waals surface area (Å²) in [5.74, 6) is -2.07. The zero-order valence-corrected chi connectivity index (χ0v) is 14.1. The molecule has 3 aromatic heterocycles. The van der Waals surface area contributed by atoms with E-state index in [1.54, 1.807) is 23.4 Å². The number of rotatable bonds is 2. The molecule has 0 atom stereocenters. The molecule has 2 N–H and O–H groups in total. The molecule has 1 aliphatic rings. The first kappa shape index (κ1) is 19.1. The zero-order chi connectivity index (χ0) is 20.3. The van der Waals surface area contributed by atoms with E-state index in [9.17, 15) is 18.0 Å². The van der Waals surface area contributed by atoms with Crippen LogP contribution in [-0.2, 0) is 11.3 Å². The first-order valence-corrected chi connectivity index (χ1v) is 7.86. The van der Waals surface area contributed by atoms with Crippen molar-refractivity contribution < 1.29 is 27.9 Å². The molecule has 0 aromatic carbocycles. The van der Waals surface area contributed by atoms with Crippen molar-refractivity contribution in [2.45, 2.75) is 12.7 Å². The molecule has 3 aromatic rings. The molecule has 4 heterocycles. The molecular formula is C16H13F3N6O3. The van der Waals surface area contributed by atoms with Crippen molar-refractivity contribution in [3.8, 4) is 17.1 Å². The molecule has 0 saturated carbocycles. The maximum Gasteiger partial charge on any atom is 0.490 e. The van der Waals surface area contributed by atoms with Crippen molar-refractivity contribution in [3.63, 3.8) is 0 Å². The maximum absolute atomic E-state index is 11.8. The molecule has 0 unspecified atom stereocenters. The fourth-order valence-corrected chi connectivity index (χ4v) is 2.39. The summed E-state index contributed by atoms with van der Waals surface area (Å²) in [6.07, 6.45) is 1.87. The van der Waals surface area contributed by atoms with Crippen LogP contribution in [0.1, 0.15) is 10.5 Å². The molecule has 0 aliphatic carbocycles. The van der Waals surface area contributed by atoms with Crippen LogP contribution in [0.2, 0.25) is 0 Å². The number of hydrogen-bond acceptors (Lipinski definition) is 5. The summed E-state index contributed by atoms with van der Waals surface area (Å²) in [5, 5.41) is 14.4.